The van der Waals surface area contributed by atoms with Crippen LogP contribution < -0.4 is 5.56 Å². The van der Waals surface area contributed by atoms with Crippen molar-refractivity contribution in [2.45, 2.75) is 6.54 Å². The summed E-state index contributed by atoms with van der Waals surface area (Å²) in [7, 11) is 6.17. The van der Waals surface area contributed by atoms with Gasteiger partial charge in [-0.05, 0) is 27.2 Å². The van der Waals surface area contributed by atoms with Gasteiger partial charge in [0.1, 0.15) is 0 Å². The maximum Gasteiger partial charge on any atom is 0.272 e. The van der Waals surface area contributed by atoms with E-state index in [9.17, 15) is 4.79 Å². The van der Waals surface area contributed by atoms with Gasteiger partial charge in [0, 0.05) is 25.0 Å². The lowest BCUT2D eigenvalue weighted by atomic mass is 10.1. The van der Waals surface area contributed by atoms with Crippen LogP contribution >= 0.6 is 0 Å². The van der Waals surface area contributed by atoms with Gasteiger partial charge in [-0.25, -0.2) is 5.10 Å². The summed E-state index contributed by atoms with van der Waals surface area (Å²) in [5.74, 6) is 0. The highest BCUT2D eigenvalue weighted by Crippen LogP contribution is 2.13. The predicted molar refractivity (Wildman–Crippen MR) is 77.3 cm³/mol. The Balaban J connectivity index is 2.21. The van der Waals surface area contributed by atoms with E-state index in [1.54, 1.807) is 0 Å². The summed E-state index contributed by atoms with van der Waals surface area (Å²) in [5.41, 5.74) is 0.784. The molecule has 1 N–H and O–H groups in total. The van der Waals surface area contributed by atoms with Gasteiger partial charge >= 0.3 is 0 Å². The molecule has 1 heterocycles. The summed E-state index contributed by atoms with van der Waals surface area (Å²) in [6, 6.07) is 7.59. The van der Waals surface area contributed by atoms with Crippen LogP contribution in [0.1, 0.15) is 5.69 Å². The molecular formula is C14H20N4O. The van der Waals surface area contributed by atoms with E-state index in [1.165, 1.54) is 0 Å². The lowest BCUT2D eigenvalue weighted by molar-refractivity contribution is 0.274. The average molecular weight is 260 g/mol. The van der Waals surface area contributed by atoms with Crippen LogP contribution in [-0.2, 0) is 6.54 Å². The average Bonchev–Trinajstić information content (AvgIpc) is 2.40. The number of benzene rings is 1. The largest absolute Gasteiger partial charge is 0.308 e. The molecule has 0 saturated carbocycles. The molecule has 1 aromatic heterocycles. The highest BCUT2D eigenvalue weighted by molar-refractivity contribution is 5.83. The molecule has 5 heteroatoms. The molecule has 2 aromatic rings. The third-order valence-corrected chi connectivity index (χ3v) is 3.12. The zero-order valence-electron chi connectivity index (χ0n) is 11.7. The van der Waals surface area contributed by atoms with Gasteiger partial charge in [0.2, 0.25) is 0 Å². The van der Waals surface area contributed by atoms with Crippen LogP contribution in [0.4, 0.5) is 0 Å². The lowest BCUT2D eigenvalue weighted by Crippen LogP contribution is -2.29. The Kier molecular flexibility index (Phi) is 4.29. The number of nitrogens with zero attached hydrogens (tertiary/aromatic N) is 3. The van der Waals surface area contributed by atoms with E-state index in [4.69, 9.17) is 0 Å². The molecule has 0 saturated heterocycles. The second-order valence-corrected chi connectivity index (χ2v) is 5.09. The molecule has 1 aromatic carbocycles. The van der Waals surface area contributed by atoms with Gasteiger partial charge in [-0.2, -0.15) is 5.10 Å². The molecule has 0 bridgehead atoms. The Labute approximate surface area is 112 Å². The third kappa shape index (κ3) is 3.39. The Morgan fingerprint density at radius 1 is 1.11 bits per heavy atom. The summed E-state index contributed by atoms with van der Waals surface area (Å²) < 4.78 is 0. The number of aromatic nitrogens is 2. The predicted octanol–water partition coefficient (Wildman–Crippen LogP) is 0.916. The van der Waals surface area contributed by atoms with Gasteiger partial charge in [0.05, 0.1) is 11.1 Å². The van der Waals surface area contributed by atoms with E-state index in [2.05, 4.69) is 41.1 Å². The van der Waals surface area contributed by atoms with Crippen molar-refractivity contribution < 1.29 is 0 Å². The lowest BCUT2D eigenvalue weighted by Gasteiger charge is -2.19. The van der Waals surface area contributed by atoms with Crippen molar-refractivity contribution in [3.63, 3.8) is 0 Å². The monoisotopic (exact) mass is 260 g/mol. The van der Waals surface area contributed by atoms with Crippen molar-refractivity contribution in [1.82, 2.24) is 20.0 Å². The Morgan fingerprint density at radius 3 is 2.47 bits per heavy atom. The SMILES string of the molecule is CN(C)CCN(C)Cc1n[nH]c(=O)c2ccccc12. The summed E-state index contributed by atoms with van der Waals surface area (Å²) in [5, 5.41) is 8.39. The van der Waals surface area contributed by atoms with Gasteiger partial charge in [-0.1, -0.05) is 18.2 Å². The standard InChI is InChI=1S/C14H20N4O/c1-17(2)8-9-18(3)10-13-11-6-4-5-7-12(11)14(19)16-15-13/h4-7H,8-10H2,1-3H3,(H,16,19). The zero-order chi connectivity index (χ0) is 13.8. The molecule has 102 valence electrons. The van der Waals surface area contributed by atoms with E-state index in [1.807, 2.05) is 24.3 Å². The van der Waals surface area contributed by atoms with Crippen molar-refractivity contribution >= 4 is 10.8 Å². The van der Waals surface area contributed by atoms with E-state index in [0.717, 1.165) is 30.7 Å². The number of hydrogen-bond donors (Lipinski definition) is 1. The van der Waals surface area contributed by atoms with Crippen molar-refractivity contribution in [2.75, 3.05) is 34.2 Å². The minimum atomic E-state index is -0.129. The Morgan fingerprint density at radius 2 is 1.79 bits per heavy atom. The van der Waals surface area contributed by atoms with Crippen LogP contribution in [0.15, 0.2) is 29.1 Å². The quantitative estimate of drug-likeness (QED) is 0.868. The highest BCUT2D eigenvalue weighted by atomic mass is 16.1. The molecule has 5 nitrogen and oxygen atoms in total. The minimum Gasteiger partial charge on any atom is -0.308 e. The summed E-state index contributed by atoms with van der Waals surface area (Å²) in [4.78, 5) is 16.0. The topological polar surface area (TPSA) is 52.2 Å². The van der Waals surface area contributed by atoms with Crippen LogP contribution in [-0.4, -0.2) is 54.2 Å². The highest BCUT2D eigenvalue weighted by Gasteiger charge is 2.08. The molecule has 0 atom stereocenters. The molecule has 0 unspecified atom stereocenters. The Bertz CT molecular complexity index is 606. The van der Waals surface area contributed by atoms with Gasteiger partial charge in [-0.3, -0.25) is 9.69 Å². The molecule has 2 rings (SSSR count). The van der Waals surface area contributed by atoms with E-state index < -0.39 is 0 Å². The van der Waals surface area contributed by atoms with Crippen molar-refractivity contribution in [1.29, 1.82) is 0 Å². The van der Waals surface area contributed by atoms with E-state index in [0.29, 0.717) is 5.39 Å². The van der Waals surface area contributed by atoms with Crippen LogP contribution in [0.25, 0.3) is 10.8 Å². The Hall–Kier alpha value is -1.72. The van der Waals surface area contributed by atoms with Gasteiger partial charge in [0.15, 0.2) is 0 Å². The first-order valence-electron chi connectivity index (χ1n) is 6.37. The second-order valence-electron chi connectivity index (χ2n) is 5.09. The van der Waals surface area contributed by atoms with E-state index in [-0.39, 0.29) is 5.56 Å². The summed E-state index contributed by atoms with van der Waals surface area (Å²) in [6.07, 6.45) is 0. The maximum absolute atomic E-state index is 11.7. The minimum absolute atomic E-state index is 0.129. The van der Waals surface area contributed by atoms with E-state index >= 15 is 0 Å². The summed E-state index contributed by atoms with van der Waals surface area (Å²) >= 11 is 0. The normalized spacial score (nSPS) is 11.6. The number of rotatable bonds is 5. The van der Waals surface area contributed by atoms with Crippen LogP contribution in [0, 0.1) is 0 Å². The molecule has 0 aliphatic carbocycles. The van der Waals surface area contributed by atoms with Crippen molar-refractivity contribution in [2.24, 2.45) is 0 Å². The smallest absolute Gasteiger partial charge is 0.272 e. The zero-order valence-corrected chi connectivity index (χ0v) is 11.7. The first kappa shape index (κ1) is 13.7. The number of H-pyrrole nitrogens is 1. The third-order valence-electron chi connectivity index (χ3n) is 3.12. The number of aromatic amines is 1. The van der Waals surface area contributed by atoms with Gasteiger partial charge < -0.3 is 4.90 Å². The molecule has 0 fully saturated rings. The first-order chi connectivity index (χ1) is 9.08. The van der Waals surface area contributed by atoms with Crippen LogP contribution in [0.5, 0.6) is 0 Å². The van der Waals surface area contributed by atoms with Gasteiger partial charge in [-0.15, -0.1) is 0 Å². The number of likely N-dealkylation sites (N-methyl/N-ethyl adjacent to an activating group) is 2. The first-order valence-corrected chi connectivity index (χ1v) is 6.37. The fourth-order valence-corrected chi connectivity index (χ4v) is 2.00. The number of nitrogens with one attached hydrogen (secondary N) is 1. The van der Waals surface area contributed by atoms with Crippen LogP contribution in [0.3, 0.4) is 0 Å². The fraction of sp³-hybridized carbons (Fsp3) is 0.429. The molecule has 0 aliphatic rings. The molecule has 0 spiro atoms. The van der Waals surface area contributed by atoms with Crippen LogP contribution in [0.2, 0.25) is 0 Å². The molecular weight excluding hydrogens is 240 g/mol. The van der Waals surface area contributed by atoms with Gasteiger partial charge in [0.25, 0.3) is 5.56 Å². The fourth-order valence-electron chi connectivity index (χ4n) is 2.00. The van der Waals surface area contributed by atoms with Crippen molar-refractivity contribution in [3.8, 4) is 0 Å². The summed E-state index contributed by atoms with van der Waals surface area (Å²) in [6.45, 7) is 2.69. The number of fused-ring (bicyclic) bond motifs is 1. The number of hydrogen-bond acceptors (Lipinski definition) is 4. The van der Waals surface area contributed by atoms with Crippen molar-refractivity contribution in [3.05, 3.63) is 40.3 Å². The molecule has 0 radical (unpaired) electrons. The second kappa shape index (κ2) is 5.95. The molecule has 0 amide bonds. The molecule has 19 heavy (non-hydrogen) atoms. The molecule has 0 aliphatic heterocycles. The maximum atomic E-state index is 11.7.